The number of benzene rings is 2. The lowest BCUT2D eigenvalue weighted by atomic mass is 10.2. The van der Waals surface area contributed by atoms with Crippen molar-refractivity contribution in [2.45, 2.75) is 44.2 Å². The molecule has 0 saturated carbocycles. The van der Waals surface area contributed by atoms with Gasteiger partial charge < -0.3 is 5.32 Å². The molecule has 0 aliphatic heterocycles. The number of carbonyl (C=O) groups is 1. The number of hydrogen-bond acceptors (Lipinski definition) is 3. The molecule has 28 heavy (non-hydrogen) atoms. The van der Waals surface area contributed by atoms with Crippen LogP contribution in [0.5, 0.6) is 0 Å². The van der Waals surface area contributed by atoms with E-state index in [1.54, 1.807) is 36.4 Å². The maximum atomic E-state index is 13.1. The Bertz CT molecular complexity index is 905. The van der Waals surface area contributed by atoms with Gasteiger partial charge in [-0.15, -0.1) is 0 Å². The maximum absolute atomic E-state index is 13.1. The molecule has 0 spiro atoms. The largest absolute Gasteiger partial charge is 0.353 e. The summed E-state index contributed by atoms with van der Waals surface area (Å²) in [5.74, 6) is -0.356. The number of amides is 1. The van der Waals surface area contributed by atoms with Crippen molar-refractivity contribution in [1.82, 2.24) is 9.62 Å². The summed E-state index contributed by atoms with van der Waals surface area (Å²) in [7, 11) is -3.89. The third kappa shape index (κ3) is 6.21. The molecule has 2 aromatic rings. The minimum absolute atomic E-state index is 0.0297. The van der Waals surface area contributed by atoms with E-state index in [4.69, 9.17) is 23.2 Å². The van der Waals surface area contributed by atoms with Crippen LogP contribution >= 0.6 is 23.2 Å². The molecule has 8 heteroatoms. The lowest BCUT2D eigenvalue weighted by Gasteiger charge is -2.23. The van der Waals surface area contributed by atoms with Crippen LogP contribution in [0.25, 0.3) is 0 Å². The van der Waals surface area contributed by atoms with Gasteiger partial charge in [-0.2, -0.15) is 4.31 Å². The fourth-order valence-electron chi connectivity index (χ4n) is 2.79. The van der Waals surface area contributed by atoms with Crippen molar-refractivity contribution < 1.29 is 13.2 Å². The maximum Gasteiger partial charge on any atom is 0.243 e. The summed E-state index contributed by atoms with van der Waals surface area (Å²) in [5, 5.41) is 3.65. The van der Waals surface area contributed by atoms with Gasteiger partial charge in [-0.1, -0.05) is 60.8 Å². The van der Waals surface area contributed by atoms with Crippen molar-refractivity contribution in [3.05, 3.63) is 64.1 Å². The van der Waals surface area contributed by atoms with Crippen LogP contribution in [0.15, 0.2) is 53.4 Å². The molecule has 0 aromatic heterocycles. The van der Waals surface area contributed by atoms with E-state index in [1.807, 2.05) is 13.8 Å². The molecule has 0 aliphatic rings. The molecular formula is C20H24Cl2N2O3S. The first-order valence-electron chi connectivity index (χ1n) is 9.02. The van der Waals surface area contributed by atoms with Crippen molar-refractivity contribution in [3.8, 4) is 0 Å². The Morgan fingerprint density at radius 1 is 1.14 bits per heavy atom. The van der Waals surface area contributed by atoms with E-state index in [-0.39, 0.29) is 29.9 Å². The summed E-state index contributed by atoms with van der Waals surface area (Å²) >= 11 is 12.2. The highest BCUT2D eigenvalue weighted by molar-refractivity contribution is 7.89. The Morgan fingerprint density at radius 3 is 2.43 bits per heavy atom. The van der Waals surface area contributed by atoms with Crippen LogP contribution in [-0.2, 0) is 21.4 Å². The summed E-state index contributed by atoms with van der Waals surface area (Å²) in [6.07, 6.45) is 1.74. The molecule has 1 N–H and O–H groups in total. The topological polar surface area (TPSA) is 66.5 Å². The van der Waals surface area contributed by atoms with E-state index in [2.05, 4.69) is 5.32 Å². The van der Waals surface area contributed by atoms with Crippen LogP contribution in [0.2, 0.25) is 10.0 Å². The summed E-state index contributed by atoms with van der Waals surface area (Å²) in [5.41, 5.74) is 0.569. The van der Waals surface area contributed by atoms with E-state index in [9.17, 15) is 13.2 Å². The van der Waals surface area contributed by atoms with Gasteiger partial charge in [0.05, 0.1) is 11.4 Å². The second-order valence-corrected chi connectivity index (χ2v) is 9.36. The smallest absolute Gasteiger partial charge is 0.243 e. The van der Waals surface area contributed by atoms with Gasteiger partial charge in [-0.25, -0.2) is 8.42 Å². The first-order valence-corrected chi connectivity index (χ1v) is 11.2. The molecule has 0 fully saturated rings. The number of nitrogens with one attached hydrogen (secondary N) is 1. The normalized spacial score (nSPS) is 12.8. The second-order valence-electron chi connectivity index (χ2n) is 6.58. The average molecular weight is 443 g/mol. The molecule has 1 amide bonds. The molecule has 0 radical (unpaired) electrons. The number of rotatable bonds is 9. The van der Waals surface area contributed by atoms with Crippen LogP contribution in [0.3, 0.4) is 0 Å². The molecule has 2 rings (SSSR count). The minimum Gasteiger partial charge on any atom is -0.353 e. The number of halogens is 2. The van der Waals surface area contributed by atoms with E-state index < -0.39 is 10.0 Å². The zero-order valence-corrected chi connectivity index (χ0v) is 18.2. The Balaban J connectivity index is 2.31. The number of nitrogens with zero attached hydrogens (tertiary/aromatic N) is 1. The van der Waals surface area contributed by atoms with Gasteiger partial charge in [0.25, 0.3) is 0 Å². The summed E-state index contributed by atoms with van der Waals surface area (Å²) < 4.78 is 27.4. The molecule has 2 aromatic carbocycles. The average Bonchev–Trinajstić information content (AvgIpc) is 2.64. The standard InChI is InChI=1S/C20H24Cl2N2O3S/c1-3-7-15(2)23-20(25)14-24(13-16-10-11-17(21)12-19(16)22)28(26,27)18-8-5-4-6-9-18/h4-6,8-12,15H,3,7,13-14H2,1-2H3,(H,23,25)/t15-/m1/s1. The Hall–Kier alpha value is -1.60. The lowest BCUT2D eigenvalue weighted by molar-refractivity contribution is -0.122. The molecule has 0 aliphatic carbocycles. The molecule has 152 valence electrons. The monoisotopic (exact) mass is 442 g/mol. The van der Waals surface area contributed by atoms with Crippen LogP contribution in [-0.4, -0.2) is 31.2 Å². The molecule has 0 saturated heterocycles. The fourth-order valence-corrected chi connectivity index (χ4v) is 4.66. The molecule has 5 nitrogen and oxygen atoms in total. The quantitative estimate of drug-likeness (QED) is 0.621. The Morgan fingerprint density at radius 2 is 1.82 bits per heavy atom. The van der Waals surface area contributed by atoms with Crippen molar-refractivity contribution in [3.63, 3.8) is 0 Å². The first-order chi connectivity index (χ1) is 13.2. The third-order valence-electron chi connectivity index (χ3n) is 4.19. The number of hydrogen-bond donors (Lipinski definition) is 1. The fraction of sp³-hybridized carbons (Fsp3) is 0.350. The van der Waals surface area contributed by atoms with Gasteiger partial charge in [-0.3, -0.25) is 4.79 Å². The van der Waals surface area contributed by atoms with Gasteiger partial charge >= 0.3 is 0 Å². The highest BCUT2D eigenvalue weighted by Crippen LogP contribution is 2.25. The van der Waals surface area contributed by atoms with E-state index in [1.165, 1.54) is 12.1 Å². The molecular weight excluding hydrogens is 419 g/mol. The third-order valence-corrected chi connectivity index (χ3v) is 6.58. The summed E-state index contributed by atoms with van der Waals surface area (Å²) in [6.45, 7) is 3.58. The molecule has 0 heterocycles. The SMILES string of the molecule is CCC[C@@H](C)NC(=O)CN(Cc1ccc(Cl)cc1Cl)S(=O)(=O)c1ccccc1. The summed E-state index contributed by atoms with van der Waals surface area (Å²) in [4.78, 5) is 12.6. The predicted octanol–water partition coefficient (Wildman–Crippen LogP) is 4.49. The minimum atomic E-state index is -3.89. The van der Waals surface area contributed by atoms with Crippen molar-refractivity contribution in [2.24, 2.45) is 0 Å². The molecule has 0 bridgehead atoms. The van der Waals surface area contributed by atoms with Gasteiger partial charge in [0, 0.05) is 22.6 Å². The predicted molar refractivity (Wildman–Crippen MR) is 113 cm³/mol. The Labute approximate surface area is 176 Å². The number of carbonyl (C=O) groups excluding carboxylic acids is 1. The van der Waals surface area contributed by atoms with Gasteiger partial charge in [0.15, 0.2) is 0 Å². The summed E-state index contributed by atoms with van der Waals surface area (Å²) in [6, 6.07) is 12.8. The number of sulfonamides is 1. The van der Waals surface area contributed by atoms with E-state index in [0.29, 0.717) is 15.6 Å². The van der Waals surface area contributed by atoms with Gasteiger partial charge in [0.1, 0.15) is 0 Å². The van der Waals surface area contributed by atoms with Crippen molar-refractivity contribution in [2.75, 3.05) is 6.54 Å². The molecule has 1 atom stereocenters. The first kappa shape index (κ1) is 22.7. The van der Waals surface area contributed by atoms with E-state index >= 15 is 0 Å². The van der Waals surface area contributed by atoms with Crippen LogP contribution < -0.4 is 5.32 Å². The van der Waals surface area contributed by atoms with Gasteiger partial charge in [-0.05, 0) is 43.2 Å². The van der Waals surface area contributed by atoms with Crippen molar-refractivity contribution >= 4 is 39.1 Å². The molecule has 0 unspecified atom stereocenters. The van der Waals surface area contributed by atoms with Gasteiger partial charge in [0.2, 0.25) is 15.9 Å². The van der Waals surface area contributed by atoms with Crippen LogP contribution in [0.4, 0.5) is 0 Å². The second kappa shape index (κ2) is 10.3. The highest BCUT2D eigenvalue weighted by atomic mass is 35.5. The van der Waals surface area contributed by atoms with Crippen LogP contribution in [0.1, 0.15) is 32.3 Å². The van der Waals surface area contributed by atoms with Crippen molar-refractivity contribution in [1.29, 1.82) is 0 Å². The zero-order chi connectivity index (χ0) is 20.7. The van der Waals surface area contributed by atoms with E-state index in [0.717, 1.165) is 17.1 Å². The van der Waals surface area contributed by atoms with Crippen LogP contribution in [0, 0.1) is 0 Å². The highest BCUT2D eigenvalue weighted by Gasteiger charge is 2.27. The lowest BCUT2D eigenvalue weighted by Crippen LogP contribution is -2.43. The Kier molecular flexibility index (Phi) is 8.31. The zero-order valence-electron chi connectivity index (χ0n) is 15.9.